The third-order valence-corrected chi connectivity index (χ3v) is 5.74. The number of esters is 1. The number of non-ortho nitro benzene ring substituents is 1. The van der Waals surface area contributed by atoms with Gasteiger partial charge in [-0.2, -0.15) is 0 Å². The molecule has 0 saturated carbocycles. The minimum absolute atomic E-state index is 0.0521. The summed E-state index contributed by atoms with van der Waals surface area (Å²) in [5.41, 5.74) is 1.13. The molecule has 0 unspecified atom stereocenters. The molecule has 1 N–H and O–H groups in total. The number of ether oxygens (including phenoxy) is 1. The maximum atomic E-state index is 12.8. The van der Waals surface area contributed by atoms with Crippen LogP contribution < -0.4 is 5.32 Å². The van der Waals surface area contributed by atoms with E-state index in [2.05, 4.69) is 5.32 Å². The largest absolute Gasteiger partial charge is 0.465 e. The van der Waals surface area contributed by atoms with Crippen molar-refractivity contribution in [2.75, 3.05) is 25.5 Å². The molecule has 2 aromatic rings. The number of carbonyl (C=O) groups is 3. The zero-order chi connectivity index (χ0) is 23.1. The number of hydrogen-bond donors (Lipinski definition) is 1. The van der Waals surface area contributed by atoms with Gasteiger partial charge in [0.1, 0.15) is 5.00 Å². The number of rotatable bonds is 8. The third kappa shape index (κ3) is 5.54. The molecule has 2 amide bonds. The first-order valence-corrected chi connectivity index (χ1v) is 10.3. The molecule has 0 saturated heterocycles. The van der Waals surface area contributed by atoms with Crippen molar-refractivity contribution in [3.8, 4) is 0 Å². The van der Waals surface area contributed by atoms with Gasteiger partial charge >= 0.3 is 5.97 Å². The van der Waals surface area contributed by atoms with Crippen molar-refractivity contribution in [3.05, 3.63) is 62.0 Å². The van der Waals surface area contributed by atoms with Gasteiger partial charge in [0.05, 0.1) is 22.5 Å². The van der Waals surface area contributed by atoms with Crippen LogP contribution in [0.15, 0.2) is 30.3 Å². The number of nitro groups is 1. The SMILES string of the molecule is CCN(CC)C(=O)c1sc(NC(=O)C=Cc2ccc([N+](=O)[O-])cc2)c(C(=O)OC)c1C. The van der Waals surface area contributed by atoms with Gasteiger partial charge in [-0.05, 0) is 50.1 Å². The van der Waals surface area contributed by atoms with Gasteiger partial charge in [0, 0.05) is 31.3 Å². The molecule has 0 radical (unpaired) electrons. The Balaban J connectivity index is 2.29. The number of amides is 2. The fourth-order valence-electron chi connectivity index (χ4n) is 2.84. The zero-order valence-corrected chi connectivity index (χ0v) is 18.4. The van der Waals surface area contributed by atoms with Crippen molar-refractivity contribution in [3.63, 3.8) is 0 Å². The van der Waals surface area contributed by atoms with E-state index in [1.54, 1.807) is 11.8 Å². The van der Waals surface area contributed by atoms with E-state index in [0.29, 0.717) is 29.1 Å². The highest BCUT2D eigenvalue weighted by Crippen LogP contribution is 2.34. The van der Waals surface area contributed by atoms with E-state index in [1.807, 2.05) is 13.8 Å². The van der Waals surface area contributed by atoms with Crippen molar-refractivity contribution in [2.45, 2.75) is 20.8 Å². The van der Waals surface area contributed by atoms with E-state index in [-0.39, 0.29) is 22.2 Å². The standard InChI is InChI=1S/C21H23N3O6S/c1-5-23(6-2)20(26)18-13(3)17(21(27)30-4)19(31-18)22-16(25)12-9-14-7-10-15(11-8-14)24(28)29/h7-12H,5-6H2,1-4H3,(H,22,25). The number of nitro benzene ring substituents is 1. The Kier molecular flexibility index (Phi) is 8.03. The average Bonchev–Trinajstić information content (AvgIpc) is 3.08. The summed E-state index contributed by atoms with van der Waals surface area (Å²) in [6.07, 6.45) is 2.72. The van der Waals surface area contributed by atoms with Crippen LogP contribution in [0.1, 0.15) is 45.0 Å². The number of thiophene rings is 1. The molecule has 1 aromatic carbocycles. The van der Waals surface area contributed by atoms with Crippen LogP contribution >= 0.6 is 11.3 Å². The molecule has 10 heteroatoms. The maximum absolute atomic E-state index is 12.8. The van der Waals surface area contributed by atoms with Gasteiger partial charge in [-0.15, -0.1) is 11.3 Å². The molecule has 0 atom stereocenters. The monoisotopic (exact) mass is 445 g/mol. The Bertz CT molecular complexity index is 1020. The minimum atomic E-state index is -0.651. The Morgan fingerprint density at radius 1 is 1.19 bits per heavy atom. The zero-order valence-electron chi connectivity index (χ0n) is 17.6. The molecule has 0 aliphatic heterocycles. The van der Waals surface area contributed by atoms with Gasteiger partial charge in [-0.3, -0.25) is 19.7 Å². The van der Waals surface area contributed by atoms with Gasteiger partial charge in [0.15, 0.2) is 0 Å². The molecule has 0 aliphatic rings. The van der Waals surface area contributed by atoms with Crippen LogP contribution in [0.5, 0.6) is 0 Å². The number of nitrogens with one attached hydrogen (secondary N) is 1. The highest BCUT2D eigenvalue weighted by atomic mass is 32.1. The first-order chi connectivity index (χ1) is 14.7. The first-order valence-electron chi connectivity index (χ1n) is 9.47. The topological polar surface area (TPSA) is 119 Å². The number of carbonyl (C=O) groups excluding carboxylic acids is 3. The van der Waals surface area contributed by atoms with Gasteiger partial charge in [0.2, 0.25) is 5.91 Å². The number of hydrogen-bond acceptors (Lipinski definition) is 7. The highest BCUT2D eigenvalue weighted by Gasteiger charge is 2.27. The Morgan fingerprint density at radius 2 is 1.81 bits per heavy atom. The lowest BCUT2D eigenvalue weighted by atomic mass is 10.1. The predicted molar refractivity (Wildman–Crippen MR) is 118 cm³/mol. The van der Waals surface area contributed by atoms with Crippen LogP contribution in [-0.2, 0) is 9.53 Å². The second kappa shape index (κ2) is 10.5. The highest BCUT2D eigenvalue weighted by molar-refractivity contribution is 7.18. The van der Waals surface area contributed by atoms with Gasteiger partial charge < -0.3 is 15.0 Å². The lowest BCUT2D eigenvalue weighted by molar-refractivity contribution is -0.384. The Hall–Kier alpha value is -3.53. The fourth-order valence-corrected chi connectivity index (χ4v) is 4.01. The molecular formula is C21H23N3O6S. The molecular weight excluding hydrogens is 422 g/mol. The molecule has 0 bridgehead atoms. The van der Waals surface area contributed by atoms with E-state index in [9.17, 15) is 24.5 Å². The number of nitrogens with zero attached hydrogens (tertiary/aromatic N) is 2. The van der Waals surface area contributed by atoms with Gasteiger partial charge in [-0.1, -0.05) is 0 Å². The van der Waals surface area contributed by atoms with E-state index in [1.165, 1.54) is 43.5 Å². The Morgan fingerprint density at radius 3 is 2.32 bits per heavy atom. The van der Waals surface area contributed by atoms with Crippen LogP contribution in [0.25, 0.3) is 6.08 Å². The van der Waals surface area contributed by atoms with E-state index < -0.39 is 16.8 Å². The first kappa shape index (κ1) is 23.7. The predicted octanol–water partition coefficient (Wildman–Crippen LogP) is 3.89. The van der Waals surface area contributed by atoms with Crippen LogP contribution in [0.3, 0.4) is 0 Å². The summed E-state index contributed by atoms with van der Waals surface area (Å²) < 4.78 is 4.82. The van der Waals surface area contributed by atoms with E-state index in [4.69, 9.17) is 4.74 Å². The van der Waals surface area contributed by atoms with Crippen LogP contribution in [0.4, 0.5) is 10.7 Å². The minimum Gasteiger partial charge on any atom is -0.465 e. The second-order valence-electron chi connectivity index (χ2n) is 6.40. The normalized spacial score (nSPS) is 10.7. The summed E-state index contributed by atoms with van der Waals surface area (Å²) in [5, 5.41) is 13.6. The smallest absolute Gasteiger partial charge is 0.341 e. The van der Waals surface area contributed by atoms with Gasteiger partial charge in [-0.25, -0.2) is 4.79 Å². The lowest BCUT2D eigenvalue weighted by Gasteiger charge is -2.17. The van der Waals surface area contributed by atoms with Crippen molar-refractivity contribution in [1.29, 1.82) is 0 Å². The summed E-state index contributed by atoms with van der Waals surface area (Å²) in [7, 11) is 1.23. The summed E-state index contributed by atoms with van der Waals surface area (Å²) >= 11 is 1.02. The summed E-state index contributed by atoms with van der Waals surface area (Å²) in [6, 6.07) is 5.69. The number of anilines is 1. The van der Waals surface area contributed by atoms with Crippen molar-refractivity contribution >= 4 is 45.9 Å². The summed E-state index contributed by atoms with van der Waals surface area (Å²) in [6.45, 7) is 6.39. The van der Waals surface area contributed by atoms with Crippen molar-refractivity contribution in [2.24, 2.45) is 0 Å². The second-order valence-corrected chi connectivity index (χ2v) is 7.42. The average molecular weight is 445 g/mol. The van der Waals surface area contributed by atoms with Gasteiger partial charge in [0.25, 0.3) is 11.6 Å². The molecule has 2 rings (SSSR count). The number of methoxy groups -OCH3 is 1. The molecule has 0 aliphatic carbocycles. The van der Waals surface area contributed by atoms with Crippen LogP contribution in [-0.4, -0.2) is 47.8 Å². The molecule has 0 fully saturated rings. The van der Waals surface area contributed by atoms with Crippen LogP contribution in [0.2, 0.25) is 0 Å². The molecule has 1 heterocycles. The summed E-state index contributed by atoms with van der Waals surface area (Å²) in [4.78, 5) is 49.7. The lowest BCUT2D eigenvalue weighted by Crippen LogP contribution is -2.30. The van der Waals surface area contributed by atoms with Crippen LogP contribution in [0, 0.1) is 17.0 Å². The molecule has 164 valence electrons. The quantitative estimate of drug-likeness (QED) is 0.285. The third-order valence-electron chi connectivity index (χ3n) is 4.55. The molecule has 9 nitrogen and oxygen atoms in total. The van der Waals surface area contributed by atoms with Crippen molar-refractivity contribution in [1.82, 2.24) is 4.90 Å². The Labute approximate surface area is 183 Å². The van der Waals surface area contributed by atoms with E-state index >= 15 is 0 Å². The number of benzene rings is 1. The van der Waals surface area contributed by atoms with E-state index in [0.717, 1.165) is 11.3 Å². The maximum Gasteiger partial charge on any atom is 0.341 e. The fraction of sp³-hybridized carbons (Fsp3) is 0.286. The summed E-state index contributed by atoms with van der Waals surface area (Å²) in [5.74, 6) is -1.40. The molecule has 31 heavy (non-hydrogen) atoms. The molecule has 1 aromatic heterocycles. The molecule has 0 spiro atoms. The van der Waals surface area contributed by atoms with Crippen molar-refractivity contribution < 1.29 is 24.0 Å².